The Morgan fingerprint density at radius 1 is 0.783 bits per heavy atom. The minimum atomic E-state index is 0.00878. The quantitative estimate of drug-likeness (QED) is 0.695. The van der Waals surface area contributed by atoms with Gasteiger partial charge in [0.15, 0.2) is 0 Å². The maximum atomic E-state index is 5.79. The van der Waals surface area contributed by atoms with E-state index in [4.69, 9.17) is 14.2 Å². The lowest BCUT2D eigenvalue weighted by Crippen LogP contribution is -2.20. The van der Waals surface area contributed by atoms with Crippen LogP contribution in [0.15, 0.2) is 72.3 Å². The fraction of sp³-hybridized carbons (Fsp3) is 0.300. The van der Waals surface area contributed by atoms with Crippen molar-refractivity contribution < 1.29 is 14.2 Å². The molecular weight excluding hydrogens is 288 g/mol. The van der Waals surface area contributed by atoms with Crippen molar-refractivity contribution in [3.05, 3.63) is 83.4 Å². The molecule has 0 fully saturated rings. The zero-order valence-electron chi connectivity index (χ0n) is 13.2. The Balaban J connectivity index is 1.39. The van der Waals surface area contributed by atoms with Crippen molar-refractivity contribution in [2.24, 2.45) is 0 Å². The van der Waals surface area contributed by atoms with Crippen molar-refractivity contribution in [2.45, 2.75) is 19.3 Å². The average Bonchev–Trinajstić information content (AvgIpc) is 3.04. The molecule has 0 aliphatic carbocycles. The molecule has 1 atom stereocenters. The maximum Gasteiger partial charge on any atom is 0.105 e. The van der Waals surface area contributed by atoms with E-state index in [0.717, 1.165) is 0 Å². The van der Waals surface area contributed by atoms with Crippen LogP contribution in [-0.4, -0.2) is 25.9 Å². The van der Waals surface area contributed by atoms with E-state index in [2.05, 4.69) is 30.3 Å². The van der Waals surface area contributed by atoms with Gasteiger partial charge in [-0.25, -0.2) is 0 Å². The molecule has 0 N–H and O–H groups in total. The molecule has 3 rings (SSSR count). The topological polar surface area (TPSA) is 27.7 Å². The highest BCUT2D eigenvalue weighted by Crippen LogP contribution is 2.17. The summed E-state index contributed by atoms with van der Waals surface area (Å²) in [7, 11) is 0. The lowest BCUT2D eigenvalue weighted by atomic mass is 10.2. The third-order valence-electron chi connectivity index (χ3n) is 3.82. The summed E-state index contributed by atoms with van der Waals surface area (Å²) in [6, 6.07) is 20.4. The summed E-state index contributed by atoms with van der Waals surface area (Å²) < 4.78 is 17.3. The van der Waals surface area contributed by atoms with Crippen LogP contribution in [0, 0.1) is 0 Å². The highest BCUT2D eigenvalue weighted by atomic mass is 16.5. The van der Waals surface area contributed by atoms with Gasteiger partial charge in [-0.3, -0.25) is 0 Å². The van der Waals surface area contributed by atoms with Crippen LogP contribution in [0.4, 0.5) is 0 Å². The Morgan fingerprint density at radius 2 is 1.39 bits per heavy atom. The van der Waals surface area contributed by atoms with E-state index in [1.165, 1.54) is 16.7 Å². The molecule has 1 aliphatic rings. The third kappa shape index (κ3) is 5.03. The van der Waals surface area contributed by atoms with Gasteiger partial charge in [-0.2, -0.15) is 0 Å². The Bertz CT molecular complexity index is 607. The Hall–Kier alpha value is -1.94. The van der Waals surface area contributed by atoms with Gasteiger partial charge in [-0.1, -0.05) is 66.7 Å². The third-order valence-corrected chi connectivity index (χ3v) is 3.82. The largest absolute Gasteiger partial charge is 0.374 e. The first kappa shape index (κ1) is 15.9. The van der Waals surface area contributed by atoms with Gasteiger partial charge in [-0.05, 0) is 16.7 Å². The molecular formula is C20H22O3. The van der Waals surface area contributed by atoms with Gasteiger partial charge < -0.3 is 14.2 Å². The van der Waals surface area contributed by atoms with Crippen molar-refractivity contribution in [3.63, 3.8) is 0 Å². The first-order valence-electron chi connectivity index (χ1n) is 7.95. The van der Waals surface area contributed by atoms with E-state index in [1.54, 1.807) is 0 Å². The fourth-order valence-electron chi connectivity index (χ4n) is 2.54. The van der Waals surface area contributed by atoms with Gasteiger partial charge in [-0.15, -0.1) is 0 Å². The summed E-state index contributed by atoms with van der Waals surface area (Å²) in [5.74, 6) is 0. The van der Waals surface area contributed by atoms with Crippen LogP contribution in [-0.2, 0) is 27.4 Å². The number of rotatable bonds is 8. The summed E-state index contributed by atoms with van der Waals surface area (Å²) in [5.41, 5.74) is 3.54. The summed E-state index contributed by atoms with van der Waals surface area (Å²) in [4.78, 5) is 0. The molecule has 0 bridgehead atoms. The Kier molecular flexibility index (Phi) is 5.98. The van der Waals surface area contributed by atoms with Crippen molar-refractivity contribution in [3.8, 4) is 0 Å². The zero-order chi connectivity index (χ0) is 15.7. The molecule has 0 unspecified atom stereocenters. The molecule has 1 heterocycles. The van der Waals surface area contributed by atoms with Crippen molar-refractivity contribution in [1.29, 1.82) is 0 Å². The number of hydrogen-bond acceptors (Lipinski definition) is 3. The van der Waals surface area contributed by atoms with Crippen LogP contribution >= 0.6 is 0 Å². The molecule has 120 valence electrons. The van der Waals surface area contributed by atoms with Crippen LogP contribution in [0.3, 0.4) is 0 Å². The molecule has 0 spiro atoms. The van der Waals surface area contributed by atoms with Gasteiger partial charge in [0, 0.05) is 0 Å². The zero-order valence-corrected chi connectivity index (χ0v) is 13.2. The molecule has 3 nitrogen and oxygen atoms in total. The molecule has 23 heavy (non-hydrogen) atoms. The molecule has 0 radical (unpaired) electrons. The summed E-state index contributed by atoms with van der Waals surface area (Å²) in [6.07, 6.45) is 2.11. The normalized spacial score (nSPS) is 17.2. The van der Waals surface area contributed by atoms with E-state index in [0.29, 0.717) is 33.0 Å². The predicted molar refractivity (Wildman–Crippen MR) is 90.0 cm³/mol. The van der Waals surface area contributed by atoms with Crippen LogP contribution in [0.25, 0.3) is 0 Å². The van der Waals surface area contributed by atoms with E-state index < -0.39 is 0 Å². The minimum Gasteiger partial charge on any atom is -0.374 e. The number of benzene rings is 2. The van der Waals surface area contributed by atoms with Gasteiger partial charge in [0.1, 0.15) is 6.10 Å². The smallest absolute Gasteiger partial charge is 0.105 e. The van der Waals surface area contributed by atoms with Crippen LogP contribution in [0.2, 0.25) is 0 Å². The Labute approximate surface area is 137 Å². The highest BCUT2D eigenvalue weighted by Gasteiger charge is 2.20. The van der Waals surface area contributed by atoms with Crippen LogP contribution in [0.5, 0.6) is 0 Å². The minimum absolute atomic E-state index is 0.00878. The Morgan fingerprint density at radius 3 is 2.04 bits per heavy atom. The maximum absolute atomic E-state index is 5.79. The second-order valence-corrected chi connectivity index (χ2v) is 5.58. The van der Waals surface area contributed by atoms with Crippen LogP contribution < -0.4 is 0 Å². The molecule has 2 aromatic rings. The monoisotopic (exact) mass is 310 g/mol. The van der Waals surface area contributed by atoms with Crippen molar-refractivity contribution in [1.82, 2.24) is 0 Å². The van der Waals surface area contributed by atoms with E-state index in [1.807, 2.05) is 36.4 Å². The summed E-state index contributed by atoms with van der Waals surface area (Å²) in [6.45, 7) is 3.03. The summed E-state index contributed by atoms with van der Waals surface area (Å²) >= 11 is 0. The van der Waals surface area contributed by atoms with Crippen molar-refractivity contribution in [2.75, 3.05) is 19.8 Å². The van der Waals surface area contributed by atoms with Gasteiger partial charge in [0.25, 0.3) is 0 Å². The van der Waals surface area contributed by atoms with E-state index in [-0.39, 0.29) is 6.10 Å². The van der Waals surface area contributed by atoms with E-state index in [9.17, 15) is 0 Å². The van der Waals surface area contributed by atoms with Gasteiger partial charge in [0.2, 0.25) is 0 Å². The SMILES string of the molecule is C1=C(COCc2ccccc2)[C@@H](COCc2ccccc2)OC1. The highest BCUT2D eigenvalue weighted by molar-refractivity contribution is 5.16. The second kappa shape index (κ2) is 8.63. The fourth-order valence-corrected chi connectivity index (χ4v) is 2.54. The summed E-state index contributed by atoms with van der Waals surface area (Å²) in [5, 5.41) is 0. The molecule has 0 saturated carbocycles. The number of hydrogen-bond donors (Lipinski definition) is 0. The second-order valence-electron chi connectivity index (χ2n) is 5.58. The lowest BCUT2D eigenvalue weighted by molar-refractivity contribution is 0.0110. The van der Waals surface area contributed by atoms with Crippen molar-refractivity contribution >= 4 is 0 Å². The first-order valence-corrected chi connectivity index (χ1v) is 7.95. The van der Waals surface area contributed by atoms with Crippen LogP contribution in [0.1, 0.15) is 11.1 Å². The molecule has 2 aromatic carbocycles. The van der Waals surface area contributed by atoms with Gasteiger partial charge in [0.05, 0.1) is 33.0 Å². The molecule has 0 aromatic heterocycles. The molecule has 3 heteroatoms. The van der Waals surface area contributed by atoms with E-state index >= 15 is 0 Å². The molecule has 1 aliphatic heterocycles. The number of ether oxygens (including phenoxy) is 3. The molecule has 0 amide bonds. The predicted octanol–water partition coefficient (Wildman–Crippen LogP) is 3.75. The average molecular weight is 310 g/mol. The van der Waals surface area contributed by atoms with Gasteiger partial charge >= 0.3 is 0 Å². The first-order chi connectivity index (χ1) is 11.4. The standard InChI is InChI=1S/C20H22O3/c1-3-7-17(8-4-1)13-21-15-19-11-12-23-20(19)16-22-14-18-9-5-2-6-10-18/h1-11,20H,12-16H2/t20-/m1/s1. The lowest BCUT2D eigenvalue weighted by Gasteiger charge is -2.15. The molecule has 0 saturated heterocycles.